The van der Waals surface area contributed by atoms with Crippen LogP contribution in [0.4, 0.5) is 11.4 Å². The zero-order chi connectivity index (χ0) is 30.1. The van der Waals surface area contributed by atoms with E-state index in [1.165, 1.54) is 6.07 Å². The third kappa shape index (κ3) is 8.23. The van der Waals surface area contributed by atoms with Crippen LogP contribution in [0.15, 0.2) is 73.1 Å². The monoisotopic (exact) mass is 611 g/mol. The molecule has 42 heavy (non-hydrogen) atoms. The molecule has 0 saturated carbocycles. The molecule has 1 aliphatic rings. The number of esters is 1. The van der Waals surface area contributed by atoms with E-state index < -0.39 is 21.7 Å². The molecule has 0 amide bonds. The van der Waals surface area contributed by atoms with Gasteiger partial charge in [0, 0.05) is 49.6 Å². The number of carbonyl (C=O) groups is 1. The van der Waals surface area contributed by atoms with Crippen LogP contribution in [-0.2, 0) is 19.6 Å². The lowest BCUT2D eigenvalue weighted by Crippen LogP contribution is -2.38. The van der Waals surface area contributed by atoms with Gasteiger partial charge < -0.3 is 20.1 Å². The lowest BCUT2D eigenvalue weighted by atomic mass is 10.1. The van der Waals surface area contributed by atoms with Gasteiger partial charge in [-0.3, -0.25) is 19.5 Å². The zero-order valence-corrected chi connectivity index (χ0v) is 24.9. The van der Waals surface area contributed by atoms with Crippen LogP contribution in [0.2, 0.25) is 5.02 Å². The lowest BCUT2D eigenvalue weighted by molar-refractivity contribution is -0.139. The Hall–Kier alpha value is -4.09. The van der Waals surface area contributed by atoms with E-state index in [1.54, 1.807) is 61.8 Å². The number of benzene rings is 2. The molecule has 10 nitrogen and oxygen atoms in total. The van der Waals surface area contributed by atoms with Crippen LogP contribution in [-0.4, -0.2) is 63.3 Å². The summed E-state index contributed by atoms with van der Waals surface area (Å²) in [7, 11) is -4.12. The average Bonchev–Trinajstić information content (AvgIpc) is 2.97. The Morgan fingerprint density at radius 3 is 2.57 bits per heavy atom. The molecule has 1 fully saturated rings. The van der Waals surface area contributed by atoms with Crippen molar-refractivity contribution in [2.75, 3.05) is 41.2 Å². The third-order valence-electron chi connectivity index (χ3n) is 6.69. The molecule has 0 atom stereocenters. The second-order valence-corrected chi connectivity index (χ2v) is 12.0. The third-order valence-corrected chi connectivity index (χ3v) is 8.61. The number of amidine groups is 1. The number of aromatic nitrogens is 1. The van der Waals surface area contributed by atoms with Crippen LogP contribution in [0.1, 0.15) is 30.9 Å². The number of carbonyl (C=O) groups excluding carboxylic acids is 1. The minimum absolute atomic E-state index is 0.0382. The number of hydrogen-bond acceptors (Lipinski definition) is 8. The molecular weight excluding hydrogens is 578 g/mol. The van der Waals surface area contributed by atoms with Crippen molar-refractivity contribution in [3.8, 4) is 5.75 Å². The molecule has 0 unspecified atom stereocenters. The predicted molar refractivity (Wildman–Crippen MR) is 166 cm³/mol. The highest BCUT2D eigenvalue weighted by Gasteiger charge is 2.27. The minimum Gasteiger partial charge on any atom is -0.489 e. The molecular formula is C30H34ClN5O5S. The first-order valence-corrected chi connectivity index (χ1v) is 15.5. The van der Waals surface area contributed by atoms with E-state index in [0.717, 1.165) is 41.5 Å². The van der Waals surface area contributed by atoms with Crippen molar-refractivity contribution in [1.29, 1.82) is 5.41 Å². The first-order chi connectivity index (χ1) is 20.2. The maximum absolute atomic E-state index is 13.3. The first kappa shape index (κ1) is 30.9. The van der Waals surface area contributed by atoms with E-state index >= 15 is 0 Å². The van der Waals surface area contributed by atoms with Gasteiger partial charge in [0.2, 0.25) is 10.0 Å². The number of nitrogens with zero attached hydrogens (tertiary/aromatic N) is 3. The summed E-state index contributed by atoms with van der Waals surface area (Å²) >= 11 is 6.59. The highest BCUT2D eigenvalue weighted by Crippen LogP contribution is 2.33. The van der Waals surface area contributed by atoms with Crippen molar-refractivity contribution in [3.05, 3.63) is 89.2 Å². The second kappa shape index (κ2) is 14.2. The number of piperidine rings is 1. The molecule has 12 heteroatoms. The number of nitrogens with one attached hydrogen (secondary N) is 1. The molecule has 1 aromatic heterocycles. The van der Waals surface area contributed by atoms with Gasteiger partial charge in [0.25, 0.3) is 0 Å². The van der Waals surface area contributed by atoms with E-state index in [4.69, 9.17) is 32.2 Å². The summed E-state index contributed by atoms with van der Waals surface area (Å²) in [5, 5.41) is 7.89. The fraction of sp³-hybridized carbons (Fsp3) is 0.300. The smallest absolute Gasteiger partial charge is 0.323 e. The Kier molecular flexibility index (Phi) is 10.4. The highest BCUT2D eigenvalue weighted by atomic mass is 35.5. The molecule has 0 radical (unpaired) electrons. The van der Waals surface area contributed by atoms with Crippen molar-refractivity contribution in [2.24, 2.45) is 5.73 Å². The van der Waals surface area contributed by atoms with Gasteiger partial charge in [-0.2, -0.15) is 0 Å². The van der Waals surface area contributed by atoms with Gasteiger partial charge in [-0.25, -0.2) is 8.42 Å². The predicted octanol–water partition coefficient (Wildman–Crippen LogP) is 4.48. The molecule has 2 aromatic carbocycles. The molecule has 4 rings (SSSR count). The van der Waals surface area contributed by atoms with Crippen molar-refractivity contribution in [2.45, 2.75) is 25.9 Å². The maximum Gasteiger partial charge on any atom is 0.323 e. The van der Waals surface area contributed by atoms with Crippen LogP contribution in [0, 0.1) is 5.41 Å². The summed E-state index contributed by atoms with van der Waals surface area (Å²) in [6.45, 7) is 3.26. The van der Waals surface area contributed by atoms with Crippen molar-refractivity contribution in [1.82, 2.24) is 4.98 Å². The summed E-state index contributed by atoms with van der Waals surface area (Å²) in [5.74, 6) is -1.27. The quantitative estimate of drug-likeness (QED) is 0.174. The first-order valence-electron chi connectivity index (χ1n) is 13.5. The molecule has 0 aliphatic carbocycles. The van der Waals surface area contributed by atoms with Gasteiger partial charge in [0.1, 0.15) is 17.7 Å². The van der Waals surface area contributed by atoms with Crippen molar-refractivity contribution >= 4 is 50.9 Å². The van der Waals surface area contributed by atoms with Crippen molar-refractivity contribution < 1.29 is 22.7 Å². The minimum atomic E-state index is -4.12. The Labute approximate surface area is 251 Å². The fourth-order valence-corrected chi connectivity index (χ4v) is 6.11. The SMILES string of the molecule is CCOC(=O)CS(=O)(=O)N(C/C=C/c1cccc(C(=N)N)c1)c1ccc(OC2CCN(c3ccncc3)CC2)c(Cl)c1. The molecule has 0 spiro atoms. The number of rotatable bonds is 12. The largest absolute Gasteiger partial charge is 0.489 e. The standard InChI is InChI=1S/C30H34ClN5O5S/c1-2-40-29(37)21-42(38,39)36(16-4-6-22-5-3-7-23(19-22)30(32)33)25-8-9-28(27(31)20-25)41-26-12-17-35(18-13-26)24-10-14-34-15-11-24/h3-11,14-15,19-20,26H,2,12-13,16-18,21H2,1H3,(H3,32,33)/b6-4+. The van der Waals surface area contributed by atoms with Gasteiger partial charge in [-0.1, -0.05) is 42.0 Å². The molecule has 3 N–H and O–H groups in total. The number of hydrogen-bond donors (Lipinski definition) is 2. The number of nitrogens with two attached hydrogens (primary N) is 1. The molecule has 3 aromatic rings. The van der Waals surface area contributed by atoms with Gasteiger partial charge in [0.15, 0.2) is 5.75 Å². The van der Waals surface area contributed by atoms with Crippen LogP contribution >= 0.6 is 11.6 Å². The van der Waals surface area contributed by atoms with E-state index in [0.29, 0.717) is 11.3 Å². The van der Waals surface area contributed by atoms with E-state index in [1.807, 2.05) is 18.2 Å². The average molecular weight is 612 g/mol. The summed E-state index contributed by atoms with van der Waals surface area (Å²) < 4.78 is 38.9. The Morgan fingerprint density at radius 1 is 1.17 bits per heavy atom. The maximum atomic E-state index is 13.3. The van der Waals surface area contributed by atoms with Crippen molar-refractivity contribution in [3.63, 3.8) is 0 Å². The van der Waals surface area contributed by atoms with E-state index in [-0.39, 0.29) is 35.8 Å². The van der Waals surface area contributed by atoms with E-state index in [9.17, 15) is 13.2 Å². The Morgan fingerprint density at radius 2 is 1.90 bits per heavy atom. The summed E-state index contributed by atoms with van der Waals surface area (Å²) in [6, 6.07) is 15.8. The molecule has 2 heterocycles. The van der Waals surface area contributed by atoms with Gasteiger partial charge in [-0.05, 0) is 48.9 Å². The van der Waals surface area contributed by atoms with Gasteiger partial charge in [0.05, 0.1) is 23.9 Å². The number of halogens is 1. The van der Waals surface area contributed by atoms with Gasteiger partial charge >= 0.3 is 5.97 Å². The van der Waals surface area contributed by atoms with Crippen LogP contribution in [0.3, 0.4) is 0 Å². The normalized spacial score (nSPS) is 14.1. The summed E-state index contributed by atoms with van der Waals surface area (Å²) in [6.07, 6.45) is 8.48. The topological polar surface area (TPSA) is 139 Å². The van der Waals surface area contributed by atoms with E-state index in [2.05, 4.69) is 9.88 Å². The summed E-state index contributed by atoms with van der Waals surface area (Å²) in [4.78, 5) is 18.5. The lowest BCUT2D eigenvalue weighted by Gasteiger charge is -2.33. The molecule has 222 valence electrons. The number of anilines is 2. The van der Waals surface area contributed by atoms with Gasteiger partial charge in [-0.15, -0.1) is 0 Å². The van der Waals surface area contributed by atoms with Crippen LogP contribution in [0.25, 0.3) is 6.08 Å². The number of nitrogen functional groups attached to an aromatic ring is 1. The zero-order valence-electron chi connectivity index (χ0n) is 23.3. The Balaban J connectivity index is 1.49. The summed E-state index contributed by atoms with van der Waals surface area (Å²) in [5.41, 5.74) is 8.27. The van der Waals surface area contributed by atoms with Crippen LogP contribution < -0.4 is 19.7 Å². The molecule has 1 saturated heterocycles. The molecule has 0 bridgehead atoms. The number of sulfonamides is 1. The Bertz CT molecular complexity index is 1530. The molecule has 1 aliphatic heterocycles. The number of ether oxygens (including phenoxy) is 2. The number of pyridine rings is 1. The highest BCUT2D eigenvalue weighted by molar-refractivity contribution is 7.93. The van der Waals surface area contributed by atoms with Crippen LogP contribution in [0.5, 0.6) is 5.75 Å². The fourth-order valence-electron chi connectivity index (χ4n) is 4.61. The second-order valence-electron chi connectivity index (χ2n) is 9.66.